The molecule has 0 spiro atoms. The van der Waals surface area contributed by atoms with E-state index in [2.05, 4.69) is 74.1 Å². The van der Waals surface area contributed by atoms with E-state index in [0.717, 1.165) is 57.3 Å². The lowest BCUT2D eigenvalue weighted by atomic mass is 9.95. The summed E-state index contributed by atoms with van der Waals surface area (Å²) >= 11 is 0. The molecule has 2 rings (SSSR count). The van der Waals surface area contributed by atoms with Crippen molar-refractivity contribution >= 4 is 28.7 Å². The number of nitriles is 2. The molecule has 0 fully saturated rings. The largest absolute Gasteiger partial charge is 0.492 e. The first-order valence-electron chi connectivity index (χ1n) is 18.5. The molecule has 0 aliphatic heterocycles. The van der Waals surface area contributed by atoms with Crippen molar-refractivity contribution in [3.05, 3.63) is 41.5 Å². The van der Waals surface area contributed by atoms with E-state index in [1.807, 2.05) is 19.1 Å². The van der Waals surface area contributed by atoms with Gasteiger partial charge in [-0.05, 0) is 68.7 Å². The number of ether oxygens (including phenoxy) is 1. The van der Waals surface area contributed by atoms with Crippen LogP contribution in [-0.4, -0.2) is 25.6 Å². The smallest absolute Gasteiger partial charge is 0.227 e. The van der Waals surface area contributed by atoms with Crippen molar-refractivity contribution in [2.75, 3.05) is 29.9 Å². The standard InChI is InChI=1S/C40H60N6O2/c1-8-15-18-30(11-4)28-46(29-31(12-5)19-16-9-2)38-24-36(43-40(47)33(13-6)20-17-10-3)37(25-39(38)48-14-7)45-44-35-22-21-32(26-41)23-34(35)27-42/h21-25,30-31,33H,8-20,28-29H2,1-7H3,(H,43,47)/b45-44+. The average Bonchev–Trinajstić information content (AvgIpc) is 3.11. The number of carbonyl (C=O) groups is 1. The van der Waals surface area contributed by atoms with E-state index in [9.17, 15) is 15.3 Å². The van der Waals surface area contributed by atoms with Crippen LogP contribution in [0.2, 0.25) is 0 Å². The minimum atomic E-state index is -0.110. The van der Waals surface area contributed by atoms with Gasteiger partial charge in [-0.15, -0.1) is 10.2 Å². The Balaban J connectivity index is 2.77. The number of nitrogens with one attached hydrogen (secondary N) is 1. The Morgan fingerprint density at radius 2 is 1.40 bits per heavy atom. The number of azo groups is 1. The predicted octanol–water partition coefficient (Wildman–Crippen LogP) is 11.6. The second-order valence-electron chi connectivity index (χ2n) is 12.9. The molecule has 0 saturated heterocycles. The predicted molar refractivity (Wildman–Crippen MR) is 198 cm³/mol. The molecule has 8 heteroatoms. The molecule has 0 aliphatic rings. The maximum absolute atomic E-state index is 13.7. The fraction of sp³-hybridized carbons (Fsp3) is 0.625. The van der Waals surface area contributed by atoms with Crippen LogP contribution < -0.4 is 15.0 Å². The van der Waals surface area contributed by atoms with Crippen molar-refractivity contribution in [1.82, 2.24) is 0 Å². The van der Waals surface area contributed by atoms with Crippen LogP contribution in [0.1, 0.15) is 137 Å². The zero-order chi connectivity index (χ0) is 35.3. The van der Waals surface area contributed by atoms with Gasteiger partial charge < -0.3 is 15.0 Å². The van der Waals surface area contributed by atoms with E-state index in [-0.39, 0.29) is 17.4 Å². The first kappa shape index (κ1) is 40.3. The van der Waals surface area contributed by atoms with Gasteiger partial charge in [0.1, 0.15) is 23.2 Å². The molecular formula is C40H60N6O2. The minimum Gasteiger partial charge on any atom is -0.492 e. The quantitative estimate of drug-likeness (QED) is 0.120. The van der Waals surface area contributed by atoms with E-state index in [1.165, 1.54) is 44.6 Å². The summed E-state index contributed by atoms with van der Waals surface area (Å²) in [6.07, 6.45) is 12.9. The lowest BCUT2D eigenvalue weighted by molar-refractivity contribution is -0.120. The number of rotatable bonds is 23. The fourth-order valence-electron chi connectivity index (χ4n) is 6.08. The summed E-state index contributed by atoms with van der Waals surface area (Å²) in [7, 11) is 0. The molecule has 0 saturated carbocycles. The van der Waals surface area contributed by atoms with Crippen molar-refractivity contribution in [3.63, 3.8) is 0 Å². The summed E-state index contributed by atoms with van der Waals surface area (Å²) in [4.78, 5) is 16.2. The molecule has 3 atom stereocenters. The number of carbonyl (C=O) groups excluding carboxylic acids is 1. The Morgan fingerprint density at radius 3 is 1.92 bits per heavy atom. The zero-order valence-corrected chi connectivity index (χ0v) is 30.8. The number of nitrogens with zero attached hydrogens (tertiary/aromatic N) is 5. The molecule has 0 heterocycles. The molecule has 0 radical (unpaired) electrons. The van der Waals surface area contributed by atoms with Gasteiger partial charge >= 0.3 is 0 Å². The summed E-state index contributed by atoms with van der Waals surface area (Å²) in [6, 6.07) is 12.9. The number of unbranched alkanes of at least 4 members (excludes halogenated alkanes) is 3. The van der Waals surface area contributed by atoms with Crippen LogP contribution in [0, 0.1) is 40.4 Å². The molecule has 2 aromatic rings. The fourth-order valence-corrected chi connectivity index (χ4v) is 6.08. The third-order valence-corrected chi connectivity index (χ3v) is 9.30. The second-order valence-corrected chi connectivity index (χ2v) is 12.9. The highest BCUT2D eigenvalue weighted by molar-refractivity contribution is 5.96. The molecule has 8 nitrogen and oxygen atoms in total. The van der Waals surface area contributed by atoms with E-state index < -0.39 is 0 Å². The van der Waals surface area contributed by atoms with Crippen molar-refractivity contribution < 1.29 is 9.53 Å². The Morgan fingerprint density at radius 1 is 0.792 bits per heavy atom. The Hall–Kier alpha value is -3.91. The van der Waals surface area contributed by atoms with Crippen LogP contribution >= 0.6 is 0 Å². The lowest BCUT2D eigenvalue weighted by Gasteiger charge is -2.34. The first-order chi connectivity index (χ1) is 23.3. The average molecular weight is 657 g/mol. The van der Waals surface area contributed by atoms with E-state index >= 15 is 0 Å². The third kappa shape index (κ3) is 12.6. The van der Waals surface area contributed by atoms with Gasteiger partial charge in [0.2, 0.25) is 5.91 Å². The minimum absolute atomic E-state index is 0.0242. The highest BCUT2D eigenvalue weighted by Crippen LogP contribution is 2.41. The lowest BCUT2D eigenvalue weighted by Crippen LogP contribution is -2.34. The summed E-state index contributed by atoms with van der Waals surface area (Å²) in [5.41, 5.74) is 3.01. The molecular weight excluding hydrogens is 596 g/mol. The van der Waals surface area contributed by atoms with Gasteiger partial charge in [0.15, 0.2) is 0 Å². The molecule has 0 aliphatic carbocycles. The number of anilines is 2. The SMILES string of the molecule is CCCCC(CC)CN(CC(CC)CCCC)c1cc(NC(=O)C(CC)CCCC)c(/N=N/c2ccc(C#N)cc2C#N)cc1OCC. The first-order valence-corrected chi connectivity index (χ1v) is 18.5. The van der Waals surface area contributed by atoms with Crippen molar-refractivity contribution in [3.8, 4) is 17.9 Å². The molecule has 1 amide bonds. The number of benzene rings is 2. The van der Waals surface area contributed by atoms with Crippen molar-refractivity contribution in [2.24, 2.45) is 28.0 Å². The van der Waals surface area contributed by atoms with Gasteiger partial charge in [-0.3, -0.25) is 4.79 Å². The molecule has 262 valence electrons. The normalized spacial score (nSPS) is 13.0. The van der Waals surface area contributed by atoms with Gasteiger partial charge in [-0.2, -0.15) is 10.5 Å². The third-order valence-electron chi connectivity index (χ3n) is 9.30. The van der Waals surface area contributed by atoms with Gasteiger partial charge in [0, 0.05) is 25.1 Å². The highest BCUT2D eigenvalue weighted by Gasteiger charge is 2.24. The molecule has 2 aromatic carbocycles. The van der Waals surface area contributed by atoms with E-state index in [1.54, 1.807) is 12.1 Å². The molecule has 48 heavy (non-hydrogen) atoms. The van der Waals surface area contributed by atoms with Crippen LogP contribution in [0.5, 0.6) is 5.75 Å². The topological polar surface area (TPSA) is 114 Å². The van der Waals surface area contributed by atoms with Crippen LogP contribution in [0.3, 0.4) is 0 Å². The van der Waals surface area contributed by atoms with Crippen LogP contribution in [-0.2, 0) is 4.79 Å². The molecule has 1 N–H and O–H groups in total. The molecule has 3 unspecified atom stereocenters. The van der Waals surface area contributed by atoms with E-state index in [4.69, 9.17) is 4.74 Å². The summed E-state index contributed by atoms with van der Waals surface area (Å²) < 4.78 is 6.32. The Kier molecular flexibility index (Phi) is 19.0. The maximum Gasteiger partial charge on any atom is 0.227 e. The summed E-state index contributed by atoms with van der Waals surface area (Å²) in [5.74, 6) is 1.66. The Labute approximate surface area is 291 Å². The van der Waals surface area contributed by atoms with Gasteiger partial charge in [0.25, 0.3) is 0 Å². The van der Waals surface area contributed by atoms with Gasteiger partial charge in [0.05, 0.1) is 35.2 Å². The van der Waals surface area contributed by atoms with Crippen molar-refractivity contribution in [1.29, 1.82) is 10.5 Å². The van der Waals surface area contributed by atoms with E-state index in [0.29, 0.717) is 46.8 Å². The number of amides is 1. The number of hydrogen-bond acceptors (Lipinski definition) is 7. The maximum atomic E-state index is 13.7. The second kappa shape index (κ2) is 22.6. The van der Waals surface area contributed by atoms with Crippen LogP contribution in [0.15, 0.2) is 40.6 Å². The monoisotopic (exact) mass is 656 g/mol. The molecule has 0 aromatic heterocycles. The van der Waals surface area contributed by atoms with Crippen LogP contribution in [0.25, 0.3) is 0 Å². The molecule has 0 bridgehead atoms. The summed E-state index contributed by atoms with van der Waals surface area (Å²) in [5, 5.41) is 31.3. The zero-order valence-electron chi connectivity index (χ0n) is 30.8. The van der Waals surface area contributed by atoms with Gasteiger partial charge in [-0.25, -0.2) is 0 Å². The van der Waals surface area contributed by atoms with Crippen molar-refractivity contribution in [2.45, 2.75) is 126 Å². The summed E-state index contributed by atoms with van der Waals surface area (Å²) in [6.45, 7) is 17.6. The van der Waals surface area contributed by atoms with Gasteiger partial charge in [-0.1, -0.05) is 92.9 Å². The van der Waals surface area contributed by atoms with Crippen LogP contribution in [0.4, 0.5) is 22.7 Å². The highest BCUT2D eigenvalue weighted by atomic mass is 16.5. The Bertz CT molecular complexity index is 1360. The number of hydrogen-bond donors (Lipinski definition) is 1.